The number of carbonyl (C=O) groups is 1. The predicted molar refractivity (Wildman–Crippen MR) is 71.3 cm³/mol. The van der Waals surface area contributed by atoms with Crippen LogP contribution in [0.25, 0.3) is 0 Å². The highest BCUT2D eigenvalue weighted by molar-refractivity contribution is 8.00. The molecule has 96 valence electrons. The Morgan fingerprint density at radius 3 is 3.00 bits per heavy atom. The van der Waals surface area contributed by atoms with E-state index in [-0.39, 0.29) is 0 Å². The lowest BCUT2D eigenvalue weighted by atomic mass is 10.4. The first-order valence-electron chi connectivity index (χ1n) is 5.45. The summed E-state index contributed by atoms with van der Waals surface area (Å²) in [5.74, 6) is 0.770. The maximum atomic E-state index is 10.9. The number of aromatic nitrogens is 3. The smallest absolute Gasteiger partial charge is 0.347 e. The SMILES string of the molecule is CCn1ccnc1CSc1nc(C)c(C(=O)O)s1. The third kappa shape index (κ3) is 2.73. The Hall–Kier alpha value is -1.34. The van der Waals surface area contributed by atoms with Crippen molar-refractivity contribution in [1.82, 2.24) is 14.5 Å². The third-order valence-electron chi connectivity index (χ3n) is 2.44. The summed E-state index contributed by atoms with van der Waals surface area (Å²) in [6.45, 7) is 4.66. The topological polar surface area (TPSA) is 68.0 Å². The molecular formula is C11H13N3O2S2. The maximum Gasteiger partial charge on any atom is 0.347 e. The van der Waals surface area contributed by atoms with E-state index >= 15 is 0 Å². The van der Waals surface area contributed by atoms with Crippen LogP contribution in [0.2, 0.25) is 0 Å². The lowest BCUT2D eigenvalue weighted by Crippen LogP contribution is -1.98. The van der Waals surface area contributed by atoms with Gasteiger partial charge in [0.2, 0.25) is 0 Å². The van der Waals surface area contributed by atoms with Crippen LogP contribution in [0.5, 0.6) is 0 Å². The number of thiazole rings is 1. The van der Waals surface area contributed by atoms with Crippen molar-refractivity contribution in [3.63, 3.8) is 0 Å². The van der Waals surface area contributed by atoms with Gasteiger partial charge in [-0.15, -0.1) is 11.3 Å². The minimum absolute atomic E-state index is 0.316. The van der Waals surface area contributed by atoms with Gasteiger partial charge in [-0.05, 0) is 13.8 Å². The minimum atomic E-state index is -0.910. The molecule has 0 saturated heterocycles. The quantitative estimate of drug-likeness (QED) is 0.854. The van der Waals surface area contributed by atoms with E-state index in [1.807, 2.05) is 6.20 Å². The lowest BCUT2D eigenvalue weighted by Gasteiger charge is -2.02. The van der Waals surface area contributed by atoms with Gasteiger partial charge < -0.3 is 9.67 Å². The molecule has 0 saturated carbocycles. The highest BCUT2D eigenvalue weighted by atomic mass is 32.2. The summed E-state index contributed by atoms with van der Waals surface area (Å²) in [5.41, 5.74) is 0.578. The first-order valence-corrected chi connectivity index (χ1v) is 7.25. The fraction of sp³-hybridized carbons (Fsp3) is 0.364. The van der Waals surface area contributed by atoms with Crippen molar-refractivity contribution >= 4 is 29.1 Å². The van der Waals surface area contributed by atoms with E-state index in [2.05, 4.69) is 21.5 Å². The van der Waals surface area contributed by atoms with E-state index in [4.69, 9.17) is 5.11 Å². The second kappa shape index (κ2) is 5.53. The number of hydrogen-bond acceptors (Lipinski definition) is 5. The van der Waals surface area contributed by atoms with Crippen molar-refractivity contribution in [2.24, 2.45) is 0 Å². The average Bonchev–Trinajstić information content (AvgIpc) is 2.92. The number of nitrogens with zero attached hydrogens (tertiary/aromatic N) is 3. The molecule has 18 heavy (non-hydrogen) atoms. The molecule has 5 nitrogen and oxygen atoms in total. The van der Waals surface area contributed by atoms with Crippen LogP contribution in [0.15, 0.2) is 16.7 Å². The maximum absolute atomic E-state index is 10.9. The summed E-state index contributed by atoms with van der Waals surface area (Å²) in [7, 11) is 0. The van der Waals surface area contributed by atoms with Crippen LogP contribution in [0.4, 0.5) is 0 Å². The second-order valence-corrected chi connectivity index (χ2v) is 5.84. The van der Waals surface area contributed by atoms with Crippen molar-refractivity contribution in [3.8, 4) is 0 Å². The van der Waals surface area contributed by atoms with Crippen molar-refractivity contribution in [1.29, 1.82) is 0 Å². The molecular weight excluding hydrogens is 270 g/mol. The molecule has 0 aliphatic heterocycles. The molecule has 0 aromatic carbocycles. The van der Waals surface area contributed by atoms with Crippen LogP contribution in [0.1, 0.15) is 28.1 Å². The summed E-state index contributed by atoms with van der Waals surface area (Å²) < 4.78 is 2.83. The summed E-state index contributed by atoms with van der Waals surface area (Å²) in [6, 6.07) is 0. The summed E-state index contributed by atoms with van der Waals surface area (Å²) in [6.07, 6.45) is 3.71. The number of aromatic carboxylic acids is 1. The molecule has 2 rings (SSSR count). The van der Waals surface area contributed by atoms with Gasteiger partial charge >= 0.3 is 5.97 Å². The predicted octanol–water partition coefficient (Wildman–Crippen LogP) is 2.66. The second-order valence-electron chi connectivity index (χ2n) is 3.62. The fourth-order valence-corrected chi connectivity index (χ4v) is 3.52. The molecule has 0 atom stereocenters. The van der Waals surface area contributed by atoms with Crippen LogP contribution in [0.3, 0.4) is 0 Å². The van der Waals surface area contributed by atoms with Gasteiger partial charge in [-0.25, -0.2) is 14.8 Å². The first-order chi connectivity index (χ1) is 8.61. The zero-order valence-corrected chi connectivity index (χ0v) is 11.7. The summed E-state index contributed by atoms with van der Waals surface area (Å²) >= 11 is 2.74. The Morgan fingerprint density at radius 2 is 2.39 bits per heavy atom. The van der Waals surface area contributed by atoms with Gasteiger partial charge in [0.1, 0.15) is 10.7 Å². The van der Waals surface area contributed by atoms with Gasteiger partial charge in [0.25, 0.3) is 0 Å². The van der Waals surface area contributed by atoms with Gasteiger partial charge in [-0.2, -0.15) is 0 Å². The van der Waals surface area contributed by atoms with Gasteiger partial charge in [-0.3, -0.25) is 0 Å². The fourth-order valence-electron chi connectivity index (χ4n) is 1.53. The Labute approximate surface area is 113 Å². The Balaban J connectivity index is 2.07. The zero-order valence-electron chi connectivity index (χ0n) is 10.1. The van der Waals surface area contributed by atoms with E-state index in [0.717, 1.165) is 16.7 Å². The van der Waals surface area contributed by atoms with Crippen molar-refractivity contribution in [3.05, 3.63) is 28.8 Å². The standard InChI is InChI=1S/C11H13N3O2S2/c1-3-14-5-4-12-8(14)6-17-11-13-7(2)9(18-11)10(15)16/h4-5H,3,6H2,1-2H3,(H,15,16). The van der Waals surface area contributed by atoms with Crippen LogP contribution in [-0.4, -0.2) is 25.6 Å². The molecule has 1 N–H and O–H groups in total. The zero-order chi connectivity index (χ0) is 13.1. The number of imidazole rings is 1. The van der Waals surface area contributed by atoms with Crippen LogP contribution < -0.4 is 0 Å². The number of aryl methyl sites for hydroxylation is 2. The Morgan fingerprint density at radius 1 is 1.61 bits per heavy atom. The summed E-state index contributed by atoms with van der Waals surface area (Å²) in [4.78, 5) is 19.7. The summed E-state index contributed by atoms with van der Waals surface area (Å²) in [5, 5.41) is 8.96. The molecule has 0 radical (unpaired) electrons. The molecule has 2 heterocycles. The lowest BCUT2D eigenvalue weighted by molar-refractivity contribution is 0.0701. The molecule has 0 aliphatic rings. The highest BCUT2D eigenvalue weighted by Gasteiger charge is 2.14. The Bertz CT molecular complexity index is 562. The van der Waals surface area contributed by atoms with E-state index in [0.29, 0.717) is 16.3 Å². The van der Waals surface area contributed by atoms with Crippen molar-refractivity contribution < 1.29 is 9.90 Å². The molecule has 0 aliphatic carbocycles. The Kier molecular flexibility index (Phi) is 4.03. The molecule has 0 spiro atoms. The molecule has 7 heteroatoms. The minimum Gasteiger partial charge on any atom is -0.477 e. The van der Waals surface area contributed by atoms with E-state index in [1.54, 1.807) is 13.1 Å². The third-order valence-corrected chi connectivity index (χ3v) is 4.72. The number of carboxylic acid groups (broad SMARTS) is 1. The molecule has 2 aromatic rings. The molecule has 0 unspecified atom stereocenters. The highest BCUT2D eigenvalue weighted by Crippen LogP contribution is 2.29. The monoisotopic (exact) mass is 283 g/mol. The molecule has 2 aromatic heterocycles. The van der Waals surface area contributed by atoms with E-state index < -0.39 is 5.97 Å². The van der Waals surface area contributed by atoms with Gasteiger partial charge in [-0.1, -0.05) is 11.8 Å². The average molecular weight is 283 g/mol. The van der Waals surface area contributed by atoms with Crippen LogP contribution >= 0.6 is 23.1 Å². The number of carboxylic acids is 1. The van der Waals surface area contributed by atoms with E-state index in [1.165, 1.54) is 23.1 Å². The van der Waals surface area contributed by atoms with Crippen molar-refractivity contribution in [2.45, 2.75) is 30.5 Å². The van der Waals surface area contributed by atoms with Gasteiger partial charge in [0.05, 0.1) is 11.4 Å². The van der Waals surface area contributed by atoms with Crippen molar-refractivity contribution in [2.75, 3.05) is 0 Å². The van der Waals surface area contributed by atoms with Gasteiger partial charge in [0, 0.05) is 18.9 Å². The van der Waals surface area contributed by atoms with Gasteiger partial charge in [0.15, 0.2) is 4.34 Å². The number of thioether (sulfide) groups is 1. The molecule has 0 amide bonds. The largest absolute Gasteiger partial charge is 0.477 e. The number of hydrogen-bond donors (Lipinski definition) is 1. The van der Waals surface area contributed by atoms with Crippen LogP contribution in [-0.2, 0) is 12.3 Å². The van der Waals surface area contributed by atoms with E-state index in [9.17, 15) is 4.79 Å². The molecule has 0 fully saturated rings. The first kappa shape index (κ1) is 13.1. The number of rotatable bonds is 5. The molecule has 0 bridgehead atoms. The van der Waals surface area contributed by atoms with Crippen LogP contribution in [0, 0.1) is 6.92 Å². The normalized spacial score (nSPS) is 10.8.